The van der Waals surface area contributed by atoms with Gasteiger partial charge in [0, 0.05) is 18.0 Å². The molecule has 2 aromatic heterocycles. The zero-order chi connectivity index (χ0) is 13.2. The Hall–Kier alpha value is -2.69. The van der Waals surface area contributed by atoms with Crippen molar-refractivity contribution in [2.24, 2.45) is 0 Å². The summed E-state index contributed by atoms with van der Waals surface area (Å²) in [6.07, 6.45) is 1.62. The number of pyridine rings is 1. The highest BCUT2D eigenvalue weighted by atomic mass is 19.1. The summed E-state index contributed by atoms with van der Waals surface area (Å²) in [4.78, 5) is 16.0. The number of rotatable bonds is 2. The first-order chi connectivity index (χ1) is 9.22. The first-order valence-corrected chi connectivity index (χ1v) is 5.64. The summed E-state index contributed by atoms with van der Waals surface area (Å²) >= 11 is 0. The van der Waals surface area contributed by atoms with Crippen molar-refractivity contribution in [1.82, 2.24) is 4.98 Å². The largest absolute Gasteiger partial charge is 0.449 e. The van der Waals surface area contributed by atoms with Crippen LogP contribution in [-0.4, -0.2) is 10.9 Å². The lowest BCUT2D eigenvalue weighted by atomic mass is 10.3. The fourth-order valence-corrected chi connectivity index (χ4v) is 1.71. The summed E-state index contributed by atoms with van der Waals surface area (Å²) in [5, 5.41) is 2.62. The standard InChI is InChI=1S/C14H9FN2O2/c15-9-3-5-10(6-4-9)17-14(18)13-8-11-12(19-13)2-1-7-16-11/h1-8H,(H,17,18). The fourth-order valence-electron chi connectivity index (χ4n) is 1.71. The van der Waals surface area contributed by atoms with Crippen molar-refractivity contribution >= 4 is 22.7 Å². The Bertz CT molecular complexity index is 702. The van der Waals surface area contributed by atoms with Gasteiger partial charge in [-0.3, -0.25) is 9.78 Å². The number of amides is 1. The molecule has 0 radical (unpaired) electrons. The van der Waals surface area contributed by atoms with Gasteiger partial charge in [0.2, 0.25) is 0 Å². The minimum atomic E-state index is -0.399. The van der Waals surface area contributed by atoms with Crippen LogP contribution in [0.2, 0.25) is 0 Å². The topological polar surface area (TPSA) is 55.1 Å². The van der Waals surface area contributed by atoms with Gasteiger partial charge in [0.05, 0.1) is 0 Å². The van der Waals surface area contributed by atoms with Crippen LogP contribution in [-0.2, 0) is 0 Å². The monoisotopic (exact) mass is 256 g/mol. The third kappa shape index (κ3) is 2.30. The Morgan fingerprint density at radius 3 is 2.74 bits per heavy atom. The lowest BCUT2D eigenvalue weighted by molar-refractivity contribution is 0.0998. The van der Waals surface area contributed by atoms with Gasteiger partial charge >= 0.3 is 0 Å². The van der Waals surface area contributed by atoms with Gasteiger partial charge in [-0.25, -0.2) is 4.39 Å². The van der Waals surface area contributed by atoms with Gasteiger partial charge < -0.3 is 9.73 Å². The van der Waals surface area contributed by atoms with Gasteiger partial charge in [0.25, 0.3) is 5.91 Å². The molecule has 19 heavy (non-hydrogen) atoms. The molecule has 2 heterocycles. The SMILES string of the molecule is O=C(Nc1ccc(F)cc1)c1cc2ncccc2o1. The molecular formula is C14H9FN2O2. The lowest BCUT2D eigenvalue weighted by Crippen LogP contribution is -2.10. The number of nitrogens with one attached hydrogen (secondary N) is 1. The average molecular weight is 256 g/mol. The van der Waals surface area contributed by atoms with Crippen molar-refractivity contribution in [3.8, 4) is 0 Å². The first-order valence-electron chi connectivity index (χ1n) is 5.64. The van der Waals surface area contributed by atoms with Crippen LogP contribution in [0.15, 0.2) is 53.1 Å². The molecule has 0 aliphatic carbocycles. The number of anilines is 1. The van der Waals surface area contributed by atoms with E-state index >= 15 is 0 Å². The van der Waals surface area contributed by atoms with Crippen LogP contribution in [0.5, 0.6) is 0 Å². The van der Waals surface area contributed by atoms with Crippen LogP contribution in [0.4, 0.5) is 10.1 Å². The molecule has 0 saturated carbocycles. The van der Waals surface area contributed by atoms with E-state index in [1.54, 1.807) is 24.4 Å². The van der Waals surface area contributed by atoms with Gasteiger partial charge in [0.15, 0.2) is 11.3 Å². The Morgan fingerprint density at radius 1 is 1.21 bits per heavy atom. The highest BCUT2D eigenvalue weighted by molar-refractivity contribution is 6.04. The average Bonchev–Trinajstić information content (AvgIpc) is 2.85. The second-order valence-corrected chi connectivity index (χ2v) is 3.96. The highest BCUT2D eigenvalue weighted by Gasteiger charge is 2.12. The fraction of sp³-hybridized carbons (Fsp3) is 0. The zero-order valence-corrected chi connectivity index (χ0v) is 9.76. The normalized spacial score (nSPS) is 10.6. The van der Waals surface area contributed by atoms with Crippen LogP contribution in [0, 0.1) is 5.82 Å². The van der Waals surface area contributed by atoms with Crippen LogP contribution < -0.4 is 5.32 Å². The summed E-state index contributed by atoms with van der Waals surface area (Å²) in [5.74, 6) is -0.589. The maximum absolute atomic E-state index is 12.7. The molecule has 3 rings (SSSR count). The van der Waals surface area contributed by atoms with E-state index in [1.807, 2.05) is 0 Å². The van der Waals surface area contributed by atoms with Crippen molar-refractivity contribution < 1.29 is 13.6 Å². The maximum Gasteiger partial charge on any atom is 0.291 e. The van der Waals surface area contributed by atoms with Gasteiger partial charge in [-0.1, -0.05) is 0 Å². The molecule has 5 heteroatoms. The summed E-state index contributed by atoms with van der Waals surface area (Å²) in [5.41, 5.74) is 1.67. The van der Waals surface area contributed by atoms with E-state index in [9.17, 15) is 9.18 Å². The van der Waals surface area contributed by atoms with E-state index in [4.69, 9.17) is 4.42 Å². The van der Waals surface area contributed by atoms with Crippen LogP contribution in [0.1, 0.15) is 10.6 Å². The molecule has 0 atom stereocenters. The van der Waals surface area contributed by atoms with E-state index in [-0.39, 0.29) is 11.6 Å². The Labute approximate surface area is 107 Å². The lowest BCUT2D eigenvalue weighted by Gasteiger charge is -2.01. The number of fused-ring (bicyclic) bond motifs is 1. The quantitative estimate of drug-likeness (QED) is 0.765. The third-order valence-corrected chi connectivity index (χ3v) is 2.61. The number of hydrogen-bond acceptors (Lipinski definition) is 3. The van der Waals surface area contributed by atoms with Crippen LogP contribution in [0.3, 0.4) is 0 Å². The van der Waals surface area contributed by atoms with Crippen molar-refractivity contribution in [3.05, 3.63) is 60.2 Å². The molecular weight excluding hydrogens is 247 g/mol. The smallest absolute Gasteiger partial charge is 0.291 e. The molecule has 0 aliphatic heterocycles. The van der Waals surface area contributed by atoms with Crippen LogP contribution in [0.25, 0.3) is 11.1 Å². The molecule has 1 amide bonds. The number of aromatic nitrogens is 1. The van der Waals surface area contributed by atoms with Gasteiger partial charge in [-0.2, -0.15) is 0 Å². The Balaban J connectivity index is 1.85. The molecule has 0 unspecified atom stereocenters. The van der Waals surface area contributed by atoms with Crippen molar-refractivity contribution in [2.75, 3.05) is 5.32 Å². The predicted octanol–water partition coefficient (Wildman–Crippen LogP) is 3.22. The van der Waals surface area contributed by atoms with E-state index < -0.39 is 5.91 Å². The summed E-state index contributed by atoms with van der Waals surface area (Å²) in [6, 6.07) is 10.5. The molecule has 4 nitrogen and oxygen atoms in total. The number of carbonyl (C=O) groups is 1. The first kappa shape index (κ1) is 11.4. The number of halogens is 1. The third-order valence-electron chi connectivity index (χ3n) is 2.61. The van der Waals surface area contributed by atoms with Gasteiger partial charge in [0.1, 0.15) is 11.3 Å². The van der Waals surface area contributed by atoms with E-state index in [1.165, 1.54) is 24.3 Å². The minimum absolute atomic E-state index is 0.165. The molecule has 0 saturated heterocycles. The molecule has 3 aromatic rings. The van der Waals surface area contributed by atoms with Gasteiger partial charge in [-0.05, 0) is 36.4 Å². The van der Waals surface area contributed by atoms with Gasteiger partial charge in [-0.15, -0.1) is 0 Å². The maximum atomic E-state index is 12.7. The molecule has 0 bridgehead atoms. The van der Waals surface area contributed by atoms with Crippen LogP contribution >= 0.6 is 0 Å². The number of nitrogens with zero attached hydrogens (tertiary/aromatic N) is 1. The number of benzene rings is 1. The zero-order valence-electron chi connectivity index (χ0n) is 9.76. The molecule has 1 aromatic carbocycles. The second-order valence-electron chi connectivity index (χ2n) is 3.96. The Kier molecular flexibility index (Phi) is 2.72. The molecule has 1 N–H and O–H groups in total. The van der Waals surface area contributed by atoms with Crippen molar-refractivity contribution in [3.63, 3.8) is 0 Å². The summed E-state index contributed by atoms with van der Waals surface area (Å²) in [7, 11) is 0. The number of hydrogen-bond donors (Lipinski definition) is 1. The molecule has 0 fully saturated rings. The number of furan rings is 1. The summed E-state index contributed by atoms with van der Waals surface area (Å²) in [6.45, 7) is 0. The van der Waals surface area contributed by atoms with E-state index in [2.05, 4.69) is 10.3 Å². The molecule has 0 aliphatic rings. The van der Waals surface area contributed by atoms with E-state index in [0.29, 0.717) is 16.8 Å². The van der Waals surface area contributed by atoms with Crippen molar-refractivity contribution in [2.45, 2.75) is 0 Å². The molecule has 94 valence electrons. The molecule has 0 spiro atoms. The van der Waals surface area contributed by atoms with E-state index in [0.717, 1.165) is 0 Å². The Morgan fingerprint density at radius 2 is 2.00 bits per heavy atom. The highest BCUT2D eigenvalue weighted by Crippen LogP contribution is 2.18. The number of carbonyl (C=O) groups excluding carboxylic acids is 1. The predicted molar refractivity (Wildman–Crippen MR) is 68.4 cm³/mol. The second kappa shape index (κ2) is 4.53. The summed E-state index contributed by atoms with van der Waals surface area (Å²) < 4.78 is 18.1. The van der Waals surface area contributed by atoms with Crippen molar-refractivity contribution in [1.29, 1.82) is 0 Å². The minimum Gasteiger partial charge on any atom is -0.449 e.